The number of nitrogens with two attached hydrogens (primary N) is 1. The van der Waals surface area contributed by atoms with Crippen LogP contribution < -0.4 is 5.73 Å². The summed E-state index contributed by atoms with van der Waals surface area (Å²) in [5, 5.41) is 11.7. The molecule has 0 aliphatic carbocycles. The molecule has 1 saturated heterocycles. The number of piperidine rings is 1. The van der Waals surface area contributed by atoms with Crippen LogP contribution in [0.4, 0.5) is 0 Å². The minimum Gasteiger partial charge on any atom is -0.409 e. The van der Waals surface area contributed by atoms with Gasteiger partial charge in [-0.25, -0.2) is 0 Å². The standard InChI is InChI=1S/C10H21N3O/c1-3-8(2)13-6-4-5-9(7-13)10(11)12-14/h8-9,14H,3-7H2,1-2H3,(H2,11,12). The van der Waals surface area contributed by atoms with Crippen LogP contribution >= 0.6 is 0 Å². The highest BCUT2D eigenvalue weighted by atomic mass is 16.4. The second-order valence-corrected chi connectivity index (χ2v) is 4.12. The third kappa shape index (κ3) is 2.61. The number of nitrogens with zero attached hydrogens (tertiary/aromatic N) is 2. The third-order valence-electron chi connectivity index (χ3n) is 3.20. The Balaban J connectivity index is 2.51. The van der Waals surface area contributed by atoms with E-state index >= 15 is 0 Å². The molecule has 0 aromatic carbocycles. The first-order chi connectivity index (χ1) is 6.69. The van der Waals surface area contributed by atoms with Gasteiger partial charge in [-0.1, -0.05) is 12.1 Å². The summed E-state index contributed by atoms with van der Waals surface area (Å²) in [4.78, 5) is 2.42. The first kappa shape index (κ1) is 11.3. The van der Waals surface area contributed by atoms with Crippen LogP contribution in [0.3, 0.4) is 0 Å². The van der Waals surface area contributed by atoms with Crippen molar-refractivity contribution in [3.63, 3.8) is 0 Å². The lowest BCUT2D eigenvalue weighted by Crippen LogP contribution is -2.45. The van der Waals surface area contributed by atoms with Crippen LogP contribution in [0.1, 0.15) is 33.1 Å². The number of hydrogen-bond acceptors (Lipinski definition) is 3. The molecule has 3 N–H and O–H groups in total. The van der Waals surface area contributed by atoms with Crippen LogP contribution in [0.15, 0.2) is 5.16 Å². The third-order valence-corrected chi connectivity index (χ3v) is 3.20. The maximum atomic E-state index is 8.61. The van der Waals surface area contributed by atoms with Gasteiger partial charge in [0.1, 0.15) is 5.84 Å². The lowest BCUT2D eigenvalue weighted by molar-refractivity contribution is 0.149. The Bertz CT molecular complexity index is 206. The molecule has 1 heterocycles. The fourth-order valence-electron chi connectivity index (χ4n) is 1.99. The maximum Gasteiger partial charge on any atom is 0.143 e. The van der Waals surface area contributed by atoms with E-state index in [1.165, 1.54) is 0 Å². The van der Waals surface area contributed by atoms with Crippen LogP contribution in [0, 0.1) is 5.92 Å². The molecule has 82 valence electrons. The van der Waals surface area contributed by atoms with E-state index in [0.717, 1.165) is 32.4 Å². The molecule has 0 radical (unpaired) electrons. The summed E-state index contributed by atoms with van der Waals surface area (Å²) in [5.41, 5.74) is 5.62. The summed E-state index contributed by atoms with van der Waals surface area (Å²) in [5.74, 6) is 0.626. The summed E-state index contributed by atoms with van der Waals surface area (Å²) in [6.07, 6.45) is 3.34. The van der Waals surface area contributed by atoms with Crippen LogP contribution in [-0.4, -0.2) is 35.1 Å². The molecule has 2 unspecified atom stereocenters. The van der Waals surface area contributed by atoms with Gasteiger partial charge in [-0.2, -0.15) is 0 Å². The molecular weight excluding hydrogens is 178 g/mol. The van der Waals surface area contributed by atoms with E-state index in [9.17, 15) is 0 Å². The molecule has 4 nitrogen and oxygen atoms in total. The molecule has 1 aliphatic rings. The van der Waals surface area contributed by atoms with Crippen molar-refractivity contribution in [1.29, 1.82) is 0 Å². The zero-order valence-electron chi connectivity index (χ0n) is 9.11. The van der Waals surface area contributed by atoms with Gasteiger partial charge in [0.2, 0.25) is 0 Å². The van der Waals surface area contributed by atoms with Crippen molar-refractivity contribution >= 4 is 5.84 Å². The summed E-state index contributed by atoms with van der Waals surface area (Å²) >= 11 is 0. The van der Waals surface area contributed by atoms with Crippen molar-refractivity contribution < 1.29 is 5.21 Å². The van der Waals surface area contributed by atoms with Gasteiger partial charge in [0.25, 0.3) is 0 Å². The Labute approximate surface area is 85.8 Å². The van der Waals surface area contributed by atoms with Crippen molar-refractivity contribution in [2.24, 2.45) is 16.8 Å². The van der Waals surface area contributed by atoms with E-state index in [-0.39, 0.29) is 5.92 Å². The lowest BCUT2D eigenvalue weighted by atomic mass is 9.95. The largest absolute Gasteiger partial charge is 0.409 e. The Morgan fingerprint density at radius 3 is 3.00 bits per heavy atom. The molecule has 4 heteroatoms. The smallest absolute Gasteiger partial charge is 0.143 e. The molecule has 1 fully saturated rings. The van der Waals surface area contributed by atoms with Gasteiger partial charge in [-0.15, -0.1) is 0 Å². The summed E-state index contributed by atoms with van der Waals surface area (Å²) in [6, 6.07) is 0.601. The number of likely N-dealkylation sites (tertiary alicyclic amines) is 1. The monoisotopic (exact) mass is 199 g/mol. The highest BCUT2D eigenvalue weighted by Gasteiger charge is 2.25. The first-order valence-corrected chi connectivity index (χ1v) is 5.40. The molecule has 0 amide bonds. The number of rotatable bonds is 3. The van der Waals surface area contributed by atoms with E-state index < -0.39 is 0 Å². The highest BCUT2D eigenvalue weighted by Crippen LogP contribution is 2.19. The normalized spacial score (nSPS) is 27.6. The minimum atomic E-state index is 0.239. The van der Waals surface area contributed by atoms with Crippen LogP contribution in [0.5, 0.6) is 0 Å². The summed E-state index contributed by atoms with van der Waals surface area (Å²) in [7, 11) is 0. The van der Waals surface area contributed by atoms with E-state index in [0.29, 0.717) is 11.9 Å². The van der Waals surface area contributed by atoms with Gasteiger partial charge >= 0.3 is 0 Å². The number of amidine groups is 1. The van der Waals surface area contributed by atoms with Gasteiger partial charge in [0, 0.05) is 18.5 Å². The Kier molecular flexibility index (Phi) is 4.20. The quantitative estimate of drug-likeness (QED) is 0.311. The predicted molar refractivity (Wildman–Crippen MR) is 57.5 cm³/mol. The summed E-state index contributed by atoms with van der Waals surface area (Å²) < 4.78 is 0. The molecule has 0 aromatic rings. The molecule has 2 atom stereocenters. The number of hydrogen-bond donors (Lipinski definition) is 2. The van der Waals surface area contributed by atoms with E-state index in [2.05, 4.69) is 23.9 Å². The van der Waals surface area contributed by atoms with E-state index in [1.807, 2.05) is 0 Å². The lowest BCUT2D eigenvalue weighted by Gasteiger charge is -2.35. The van der Waals surface area contributed by atoms with Gasteiger partial charge in [-0.05, 0) is 32.7 Å². The van der Waals surface area contributed by atoms with E-state index in [4.69, 9.17) is 10.9 Å². The zero-order chi connectivity index (χ0) is 10.6. The minimum absolute atomic E-state index is 0.239. The Morgan fingerprint density at radius 1 is 1.71 bits per heavy atom. The Morgan fingerprint density at radius 2 is 2.43 bits per heavy atom. The van der Waals surface area contributed by atoms with Crippen molar-refractivity contribution in [2.45, 2.75) is 39.2 Å². The average Bonchev–Trinajstić information content (AvgIpc) is 2.27. The molecule has 1 rings (SSSR count). The van der Waals surface area contributed by atoms with Gasteiger partial charge in [0.05, 0.1) is 0 Å². The molecule has 0 saturated carbocycles. The second kappa shape index (κ2) is 5.20. The van der Waals surface area contributed by atoms with Crippen molar-refractivity contribution in [3.05, 3.63) is 0 Å². The van der Waals surface area contributed by atoms with Crippen LogP contribution in [-0.2, 0) is 0 Å². The second-order valence-electron chi connectivity index (χ2n) is 4.12. The zero-order valence-corrected chi connectivity index (χ0v) is 9.11. The maximum absolute atomic E-state index is 8.61. The fraction of sp³-hybridized carbons (Fsp3) is 0.900. The topological polar surface area (TPSA) is 61.8 Å². The fourth-order valence-corrected chi connectivity index (χ4v) is 1.99. The van der Waals surface area contributed by atoms with Crippen LogP contribution in [0.2, 0.25) is 0 Å². The molecule has 0 aromatic heterocycles. The van der Waals surface area contributed by atoms with Gasteiger partial charge < -0.3 is 10.9 Å². The van der Waals surface area contributed by atoms with Crippen molar-refractivity contribution in [2.75, 3.05) is 13.1 Å². The Hall–Kier alpha value is -0.770. The SMILES string of the molecule is CCC(C)N1CCCC(/C(N)=N/O)C1. The molecule has 14 heavy (non-hydrogen) atoms. The molecule has 0 spiro atoms. The number of oxime groups is 1. The molecular formula is C10H21N3O. The van der Waals surface area contributed by atoms with Gasteiger partial charge in [-0.3, -0.25) is 4.90 Å². The molecule has 0 bridgehead atoms. The molecule has 1 aliphatic heterocycles. The average molecular weight is 199 g/mol. The van der Waals surface area contributed by atoms with Gasteiger partial charge in [0.15, 0.2) is 0 Å². The first-order valence-electron chi connectivity index (χ1n) is 5.40. The van der Waals surface area contributed by atoms with Crippen molar-refractivity contribution in [1.82, 2.24) is 4.90 Å². The van der Waals surface area contributed by atoms with Crippen LogP contribution in [0.25, 0.3) is 0 Å². The van der Waals surface area contributed by atoms with E-state index in [1.54, 1.807) is 0 Å². The highest BCUT2D eigenvalue weighted by molar-refractivity contribution is 5.82. The summed E-state index contributed by atoms with van der Waals surface area (Å²) in [6.45, 7) is 6.50. The van der Waals surface area contributed by atoms with Crippen molar-refractivity contribution in [3.8, 4) is 0 Å². The predicted octanol–water partition coefficient (Wildman–Crippen LogP) is 1.24.